The van der Waals surface area contributed by atoms with Gasteiger partial charge in [0.2, 0.25) is 0 Å². The van der Waals surface area contributed by atoms with Crippen LogP contribution in [0.5, 0.6) is 0 Å². The quantitative estimate of drug-likeness (QED) is 0.910. The van der Waals surface area contributed by atoms with Gasteiger partial charge < -0.3 is 14.6 Å². The Hall–Kier alpha value is -1.39. The number of rotatable bonds is 4. The van der Waals surface area contributed by atoms with E-state index in [4.69, 9.17) is 4.42 Å². The highest BCUT2D eigenvalue weighted by molar-refractivity contribution is 5.72. The lowest BCUT2D eigenvalue weighted by atomic mass is 10.00. The lowest BCUT2D eigenvalue weighted by Crippen LogP contribution is -2.45. The molecule has 4 heteroatoms. The Morgan fingerprint density at radius 1 is 1.37 bits per heavy atom. The molecule has 1 N–H and O–H groups in total. The first-order valence-electron chi connectivity index (χ1n) is 7.06. The van der Waals surface area contributed by atoms with Gasteiger partial charge in [0.15, 0.2) is 12.0 Å². The van der Waals surface area contributed by atoms with E-state index in [1.54, 1.807) is 0 Å². The van der Waals surface area contributed by atoms with Gasteiger partial charge in [-0.15, -0.1) is 0 Å². The zero-order valence-corrected chi connectivity index (χ0v) is 11.4. The number of benzene rings is 1. The number of hydrogen-bond donors (Lipinski definition) is 1. The molecular weight excluding hydrogens is 238 g/mol. The predicted octanol–water partition coefficient (Wildman–Crippen LogP) is 1.91. The monoisotopic (exact) mass is 259 g/mol. The molecule has 1 fully saturated rings. The minimum atomic E-state index is 0.665. The van der Waals surface area contributed by atoms with E-state index in [2.05, 4.69) is 34.3 Å². The van der Waals surface area contributed by atoms with Crippen LogP contribution in [0.2, 0.25) is 0 Å². The fraction of sp³-hybridized carbons (Fsp3) is 0.533. The van der Waals surface area contributed by atoms with Crippen LogP contribution in [0, 0.1) is 5.92 Å². The van der Waals surface area contributed by atoms with E-state index in [0.717, 1.165) is 30.6 Å². The fourth-order valence-corrected chi connectivity index (χ4v) is 2.83. The largest absolute Gasteiger partial charge is 0.443 e. The Morgan fingerprint density at radius 3 is 3.05 bits per heavy atom. The molecule has 1 saturated heterocycles. The van der Waals surface area contributed by atoms with Gasteiger partial charge in [-0.3, -0.25) is 0 Å². The highest BCUT2D eigenvalue weighted by Crippen LogP contribution is 2.17. The van der Waals surface area contributed by atoms with Crippen molar-refractivity contribution in [2.75, 3.05) is 32.7 Å². The van der Waals surface area contributed by atoms with Crippen LogP contribution in [0.25, 0.3) is 11.1 Å². The van der Waals surface area contributed by atoms with Crippen LogP contribution >= 0.6 is 0 Å². The Kier molecular flexibility index (Phi) is 3.80. The third kappa shape index (κ3) is 3.14. The molecule has 0 bridgehead atoms. The van der Waals surface area contributed by atoms with Gasteiger partial charge >= 0.3 is 0 Å². The lowest BCUT2D eigenvalue weighted by molar-refractivity contribution is 0.211. The predicted molar refractivity (Wildman–Crippen MR) is 76.2 cm³/mol. The molecule has 3 rings (SSSR count). The molecule has 0 amide bonds. The summed E-state index contributed by atoms with van der Waals surface area (Å²) in [4.78, 5) is 6.70. The maximum atomic E-state index is 5.36. The number of nitrogens with zero attached hydrogens (tertiary/aromatic N) is 2. The summed E-state index contributed by atoms with van der Waals surface area (Å²) in [5.41, 5.74) is 3.18. The van der Waals surface area contributed by atoms with E-state index in [0.29, 0.717) is 5.92 Å². The normalized spacial score (nSPS) is 18.8. The average molecular weight is 259 g/mol. The second kappa shape index (κ2) is 5.72. The van der Waals surface area contributed by atoms with Crippen LogP contribution in [0.15, 0.2) is 29.0 Å². The first-order valence-corrected chi connectivity index (χ1v) is 7.06. The SMILES string of the molecule is CC(Cc1ccc2ncoc2c1)CN1CCNCC1. The molecule has 2 aromatic rings. The van der Waals surface area contributed by atoms with Crippen molar-refractivity contribution in [2.45, 2.75) is 13.3 Å². The minimum absolute atomic E-state index is 0.665. The average Bonchev–Trinajstić information content (AvgIpc) is 2.87. The Morgan fingerprint density at radius 2 is 2.21 bits per heavy atom. The van der Waals surface area contributed by atoms with Crippen LogP contribution in [0.4, 0.5) is 0 Å². The van der Waals surface area contributed by atoms with Gasteiger partial charge in [0.05, 0.1) is 0 Å². The Balaban J connectivity index is 1.59. The van der Waals surface area contributed by atoms with Crippen molar-refractivity contribution in [1.82, 2.24) is 15.2 Å². The van der Waals surface area contributed by atoms with Crippen LogP contribution in [-0.2, 0) is 6.42 Å². The van der Waals surface area contributed by atoms with Gasteiger partial charge in [-0.25, -0.2) is 4.98 Å². The van der Waals surface area contributed by atoms with E-state index in [1.165, 1.54) is 31.6 Å². The van der Waals surface area contributed by atoms with Crippen molar-refractivity contribution >= 4 is 11.1 Å². The summed E-state index contributed by atoms with van der Waals surface area (Å²) in [6.07, 6.45) is 2.61. The number of fused-ring (bicyclic) bond motifs is 1. The van der Waals surface area contributed by atoms with Crippen molar-refractivity contribution in [2.24, 2.45) is 5.92 Å². The molecule has 102 valence electrons. The van der Waals surface area contributed by atoms with Gasteiger partial charge in [0.1, 0.15) is 5.52 Å². The van der Waals surface area contributed by atoms with E-state index in [-0.39, 0.29) is 0 Å². The van der Waals surface area contributed by atoms with Gasteiger partial charge in [0, 0.05) is 32.7 Å². The van der Waals surface area contributed by atoms with Crippen LogP contribution in [0.1, 0.15) is 12.5 Å². The summed E-state index contributed by atoms with van der Waals surface area (Å²) in [6, 6.07) is 6.33. The standard InChI is InChI=1S/C15H21N3O/c1-12(10-18-6-4-16-5-7-18)8-13-2-3-14-15(9-13)19-11-17-14/h2-3,9,11-12,16H,4-8,10H2,1H3. The molecular formula is C15H21N3O. The zero-order valence-electron chi connectivity index (χ0n) is 11.4. The molecule has 1 aromatic heterocycles. The van der Waals surface area contributed by atoms with Crippen molar-refractivity contribution in [1.29, 1.82) is 0 Å². The molecule has 0 spiro atoms. The highest BCUT2D eigenvalue weighted by Gasteiger charge is 2.13. The summed E-state index contributed by atoms with van der Waals surface area (Å²) in [5.74, 6) is 0.665. The van der Waals surface area contributed by atoms with Crippen molar-refractivity contribution in [3.8, 4) is 0 Å². The maximum absolute atomic E-state index is 5.36. The number of oxazole rings is 1. The second-order valence-electron chi connectivity index (χ2n) is 5.51. The molecule has 1 aromatic carbocycles. The zero-order chi connectivity index (χ0) is 13.1. The van der Waals surface area contributed by atoms with Crippen LogP contribution in [-0.4, -0.2) is 42.6 Å². The fourth-order valence-electron chi connectivity index (χ4n) is 2.83. The highest BCUT2D eigenvalue weighted by atomic mass is 16.3. The molecule has 1 atom stereocenters. The molecule has 1 aliphatic heterocycles. The molecule has 2 heterocycles. The number of aromatic nitrogens is 1. The maximum Gasteiger partial charge on any atom is 0.181 e. The summed E-state index contributed by atoms with van der Waals surface area (Å²) in [6.45, 7) is 8.09. The third-order valence-corrected chi connectivity index (χ3v) is 3.76. The molecule has 4 nitrogen and oxygen atoms in total. The Labute approximate surface area is 113 Å². The topological polar surface area (TPSA) is 41.3 Å². The Bertz CT molecular complexity index is 531. The van der Waals surface area contributed by atoms with Crippen molar-refractivity contribution in [3.05, 3.63) is 30.2 Å². The van der Waals surface area contributed by atoms with Crippen LogP contribution in [0.3, 0.4) is 0 Å². The summed E-state index contributed by atoms with van der Waals surface area (Å²) in [5, 5.41) is 3.39. The van der Waals surface area contributed by atoms with E-state index in [9.17, 15) is 0 Å². The van der Waals surface area contributed by atoms with E-state index in [1.807, 2.05) is 6.07 Å². The third-order valence-electron chi connectivity index (χ3n) is 3.76. The summed E-state index contributed by atoms with van der Waals surface area (Å²) >= 11 is 0. The number of piperazine rings is 1. The van der Waals surface area contributed by atoms with Crippen molar-refractivity contribution < 1.29 is 4.42 Å². The molecule has 0 saturated carbocycles. The number of hydrogen-bond acceptors (Lipinski definition) is 4. The van der Waals surface area contributed by atoms with Crippen LogP contribution < -0.4 is 5.32 Å². The molecule has 0 radical (unpaired) electrons. The van der Waals surface area contributed by atoms with Gasteiger partial charge in [-0.05, 0) is 30.0 Å². The molecule has 1 aliphatic rings. The smallest absolute Gasteiger partial charge is 0.181 e. The lowest BCUT2D eigenvalue weighted by Gasteiger charge is -2.29. The van der Waals surface area contributed by atoms with Gasteiger partial charge in [-0.2, -0.15) is 0 Å². The molecule has 0 aliphatic carbocycles. The summed E-state index contributed by atoms with van der Waals surface area (Å²) in [7, 11) is 0. The van der Waals surface area contributed by atoms with E-state index < -0.39 is 0 Å². The van der Waals surface area contributed by atoms with Gasteiger partial charge in [-0.1, -0.05) is 13.0 Å². The van der Waals surface area contributed by atoms with Crippen molar-refractivity contribution in [3.63, 3.8) is 0 Å². The second-order valence-corrected chi connectivity index (χ2v) is 5.51. The first-order chi connectivity index (χ1) is 9.31. The molecule has 1 unspecified atom stereocenters. The van der Waals surface area contributed by atoms with E-state index >= 15 is 0 Å². The molecule has 19 heavy (non-hydrogen) atoms. The number of nitrogens with one attached hydrogen (secondary N) is 1. The minimum Gasteiger partial charge on any atom is -0.443 e. The first kappa shape index (κ1) is 12.6. The van der Waals surface area contributed by atoms with Gasteiger partial charge in [0.25, 0.3) is 0 Å². The summed E-state index contributed by atoms with van der Waals surface area (Å²) < 4.78 is 5.36.